The van der Waals surface area contributed by atoms with E-state index in [1.165, 1.54) is 5.57 Å². The summed E-state index contributed by atoms with van der Waals surface area (Å²) in [6, 6.07) is 7.78. The Kier molecular flexibility index (Phi) is 9.03. The molecule has 0 amide bonds. The molecule has 0 spiro atoms. The van der Waals surface area contributed by atoms with Crippen molar-refractivity contribution in [2.24, 2.45) is 10.7 Å². The molecule has 0 saturated heterocycles. The van der Waals surface area contributed by atoms with Gasteiger partial charge in [0.15, 0.2) is 5.96 Å². The molecule has 0 aromatic heterocycles. The summed E-state index contributed by atoms with van der Waals surface area (Å²) in [5.74, 6) is 1.27. The highest BCUT2D eigenvalue weighted by Gasteiger charge is 2.00. The van der Waals surface area contributed by atoms with Gasteiger partial charge in [-0.1, -0.05) is 29.8 Å². The molecule has 0 saturated carbocycles. The zero-order valence-corrected chi connectivity index (χ0v) is 14.0. The number of nitrogens with zero attached hydrogens (tertiary/aromatic N) is 1. The normalized spacial score (nSPS) is 10.4. The van der Waals surface area contributed by atoms with Crippen molar-refractivity contribution in [2.45, 2.75) is 20.4 Å². The monoisotopic (exact) mass is 375 g/mol. The number of ether oxygens (including phenoxy) is 1. The largest absolute Gasteiger partial charge is 0.496 e. The first-order valence-electron chi connectivity index (χ1n) is 5.92. The van der Waals surface area contributed by atoms with Gasteiger partial charge in [0.05, 0.1) is 13.7 Å². The van der Waals surface area contributed by atoms with Crippen LogP contribution in [0, 0.1) is 0 Å². The molecule has 0 unspecified atom stereocenters. The van der Waals surface area contributed by atoms with Gasteiger partial charge in [-0.2, -0.15) is 0 Å². The lowest BCUT2D eigenvalue weighted by Crippen LogP contribution is -2.31. The van der Waals surface area contributed by atoms with E-state index in [0.29, 0.717) is 19.0 Å². The van der Waals surface area contributed by atoms with Crippen LogP contribution >= 0.6 is 24.0 Å². The van der Waals surface area contributed by atoms with Crippen LogP contribution < -0.4 is 15.8 Å². The second-order valence-electron chi connectivity index (χ2n) is 4.18. The molecule has 1 aromatic carbocycles. The second kappa shape index (κ2) is 9.66. The lowest BCUT2D eigenvalue weighted by atomic mass is 10.2. The van der Waals surface area contributed by atoms with Crippen molar-refractivity contribution in [3.8, 4) is 5.75 Å². The number of rotatable bonds is 5. The van der Waals surface area contributed by atoms with Gasteiger partial charge in [0.2, 0.25) is 0 Å². The molecule has 19 heavy (non-hydrogen) atoms. The maximum Gasteiger partial charge on any atom is 0.189 e. The average Bonchev–Trinajstić information content (AvgIpc) is 2.36. The first-order chi connectivity index (χ1) is 8.63. The van der Waals surface area contributed by atoms with Gasteiger partial charge < -0.3 is 15.8 Å². The number of nitrogens with one attached hydrogen (secondary N) is 1. The van der Waals surface area contributed by atoms with E-state index in [1.54, 1.807) is 7.11 Å². The second-order valence-corrected chi connectivity index (χ2v) is 4.18. The summed E-state index contributed by atoms with van der Waals surface area (Å²) in [5.41, 5.74) is 8.04. The molecule has 0 fully saturated rings. The van der Waals surface area contributed by atoms with Crippen LogP contribution in [0.3, 0.4) is 0 Å². The Morgan fingerprint density at radius 1 is 1.37 bits per heavy atom. The van der Waals surface area contributed by atoms with E-state index >= 15 is 0 Å². The number of hydrogen-bond donors (Lipinski definition) is 2. The fourth-order valence-corrected chi connectivity index (χ4v) is 1.42. The van der Waals surface area contributed by atoms with Gasteiger partial charge in [-0.25, -0.2) is 4.99 Å². The van der Waals surface area contributed by atoms with Crippen molar-refractivity contribution in [1.82, 2.24) is 5.32 Å². The fraction of sp³-hybridized carbons (Fsp3) is 0.357. The fourth-order valence-electron chi connectivity index (χ4n) is 1.42. The molecule has 4 nitrogen and oxygen atoms in total. The Morgan fingerprint density at radius 3 is 2.68 bits per heavy atom. The van der Waals surface area contributed by atoms with E-state index in [9.17, 15) is 0 Å². The highest BCUT2D eigenvalue weighted by molar-refractivity contribution is 14.0. The van der Waals surface area contributed by atoms with Crippen molar-refractivity contribution in [2.75, 3.05) is 13.7 Å². The van der Waals surface area contributed by atoms with Crippen LogP contribution in [0.25, 0.3) is 0 Å². The van der Waals surface area contributed by atoms with Crippen LogP contribution in [0.2, 0.25) is 0 Å². The Morgan fingerprint density at radius 2 is 2.05 bits per heavy atom. The third-order valence-electron chi connectivity index (χ3n) is 2.41. The number of methoxy groups -OCH3 is 1. The maximum absolute atomic E-state index is 5.77. The predicted molar refractivity (Wildman–Crippen MR) is 91.2 cm³/mol. The molecule has 0 bridgehead atoms. The molecule has 5 heteroatoms. The third-order valence-corrected chi connectivity index (χ3v) is 2.41. The van der Waals surface area contributed by atoms with Gasteiger partial charge in [0, 0.05) is 12.1 Å². The number of para-hydroxylation sites is 1. The lowest BCUT2D eigenvalue weighted by molar-refractivity contribution is 0.410. The molecular formula is C14H22IN3O. The lowest BCUT2D eigenvalue weighted by Gasteiger charge is -2.06. The molecule has 1 aromatic rings. The van der Waals surface area contributed by atoms with Crippen LogP contribution in [-0.4, -0.2) is 19.6 Å². The first-order valence-corrected chi connectivity index (χ1v) is 5.92. The van der Waals surface area contributed by atoms with Gasteiger partial charge in [-0.3, -0.25) is 0 Å². The first kappa shape index (κ1) is 17.8. The summed E-state index contributed by atoms with van der Waals surface area (Å²) in [6.45, 7) is 5.30. The molecule has 0 aliphatic rings. The maximum atomic E-state index is 5.77. The minimum absolute atomic E-state index is 0. The molecule has 106 valence electrons. The number of benzene rings is 1. The van der Waals surface area contributed by atoms with Crippen molar-refractivity contribution >= 4 is 29.9 Å². The van der Waals surface area contributed by atoms with Crippen LogP contribution in [0.1, 0.15) is 19.4 Å². The number of nitrogens with two attached hydrogens (primary N) is 1. The molecule has 0 aliphatic heterocycles. The van der Waals surface area contributed by atoms with Crippen molar-refractivity contribution in [1.29, 1.82) is 0 Å². The average molecular weight is 375 g/mol. The number of hydrogen-bond acceptors (Lipinski definition) is 2. The Labute approximate surface area is 132 Å². The number of halogens is 1. The summed E-state index contributed by atoms with van der Waals surface area (Å²) in [5, 5.41) is 3.03. The van der Waals surface area contributed by atoms with Crippen molar-refractivity contribution in [3.63, 3.8) is 0 Å². The van der Waals surface area contributed by atoms with Gasteiger partial charge in [0.1, 0.15) is 5.75 Å². The van der Waals surface area contributed by atoms with Crippen LogP contribution in [0.15, 0.2) is 40.9 Å². The van der Waals surface area contributed by atoms with Crippen LogP contribution in [0.5, 0.6) is 5.75 Å². The van der Waals surface area contributed by atoms with E-state index in [1.807, 2.05) is 38.1 Å². The quantitative estimate of drug-likeness (QED) is 0.360. The third kappa shape index (κ3) is 7.05. The van der Waals surface area contributed by atoms with Crippen LogP contribution in [-0.2, 0) is 6.54 Å². The molecule has 1 rings (SSSR count). The molecule has 0 radical (unpaired) electrons. The van der Waals surface area contributed by atoms with E-state index < -0.39 is 0 Å². The molecular weight excluding hydrogens is 353 g/mol. The van der Waals surface area contributed by atoms with Gasteiger partial charge >= 0.3 is 0 Å². The standard InChI is InChI=1S/C14H21N3O.HI/c1-11(2)8-9-16-14(15)17-10-12-6-4-5-7-13(12)18-3;/h4-8H,9-10H2,1-3H3,(H3,15,16,17);1H. The van der Waals surface area contributed by atoms with Crippen molar-refractivity contribution < 1.29 is 4.74 Å². The van der Waals surface area contributed by atoms with E-state index in [2.05, 4.69) is 16.4 Å². The summed E-state index contributed by atoms with van der Waals surface area (Å²) >= 11 is 0. The Hall–Kier alpha value is -1.24. The zero-order chi connectivity index (χ0) is 13.4. The van der Waals surface area contributed by atoms with Crippen LogP contribution in [0.4, 0.5) is 0 Å². The topological polar surface area (TPSA) is 59.6 Å². The van der Waals surface area contributed by atoms with E-state index in [-0.39, 0.29) is 24.0 Å². The highest BCUT2D eigenvalue weighted by atomic mass is 127. The summed E-state index contributed by atoms with van der Waals surface area (Å²) in [4.78, 5) is 4.27. The summed E-state index contributed by atoms with van der Waals surface area (Å²) < 4.78 is 5.25. The summed E-state index contributed by atoms with van der Waals surface area (Å²) in [6.07, 6.45) is 2.06. The Bertz CT molecular complexity index is 440. The summed E-state index contributed by atoms with van der Waals surface area (Å²) in [7, 11) is 1.65. The van der Waals surface area contributed by atoms with Gasteiger partial charge in [0.25, 0.3) is 0 Å². The molecule has 0 heterocycles. The molecule has 0 atom stereocenters. The predicted octanol–water partition coefficient (Wildman–Crippen LogP) is 2.68. The number of aliphatic imine (C=N–C) groups is 1. The molecule has 0 aliphatic carbocycles. The highest BCUT2D eigenvalue weighted by Crippen LogP contribution is 2.17. The Balaban J connectivity index is 0.00000324. The van der Waals surface area contributed by atoms with Crippen molar-refractivity contribution in [3.05, 3.63) is 41.5 Å². The minimum Gasteiger partial charge on any atom is -0.496 e. The van der Waals surface area contributed by atoms with Gasteiger partial charge in [-0.05, 0) is 19.9 Å². The SMILES string of the molecule is COc1ccccc1CN=C(N)NCC=C(C)C.I. The number of allylic oxidation sites excluding steroid dienone is 1. The smallest absolute Gasteiger partial charge is 0.189 e. The van der Waals surface area contributed by atoms with E-state index in [4.69, 9.17) is 10.5 Å². The number of guanidine groups is 1. The van der Waals surface area contributed by atoms with E-state index in [0.717, 1.165) is 11.3 Å². The van der Waals surface area contributed by atoms with Gasteiger partial charge in [-0.15, -0.1) is 24.0 Å². The minimum atomic E-state index is 0. The molecule has 3 N–H and O–H groups in total. The zero-order valence-electron chi connectivity index (χ0n) is 11.6.